The van der Waals surface area contributed by atoms with Gasteiger partial charge in [-0.1, -0.05) is 19.1 Å². The zero-order chi connectivity index (χ0) is 16.8. The van der Waals surface area contributed by atoms with Crippen LogP contribution in [0.2, 0.25) is 0 Å². The van der Waals surface area contributed by atoms with E-state index in [-0.39, 0.29) is 23.4 Å². The van der Waals surface area contributed by atoms with E-state index in [1.165, 1.54) is 24.3 Å². The topological polar surface area (TPSA) is 55.4 Å². The molecule has 4 nitrogen and oxygen atoms in total. The van der Waals surface area contributed by atoms with Crippen LogP contribution < -0.4 is 5.32 Å². The minimum absolute atomic E-state index is 0.00420. The van der Waals surface area contributed by atoms with Crippen LogP contribution in [0.25, 0.3) is 0 Å². The second kappa shape index (κ2) is 7.49. The van der Waals surface area contributed by atoms with Crippen molar-refractivity contribution < 1.29 is 23.1 Å². The van der Waals surface area contributed by atoms with E-state index in [4.69, 9.17) is 4.74 Å². The number of amides is 1. The molecule has 0 saturated carbocycles. The average Bonchev–Trinajstić information content (AvgIpc) is 2.53. The lowest BCUT2D eigenvalue weighted by molar-refractivity contribution is 0.0506. The molecule has 23 heavy (non-hydrogen) atoms. The average molecular weight is 319 g/mol. The minimum Gasteiger partial charge on any atom is -0.462 e. The van der Waals surface area contributed by atoms with Crippen molar-refractivity contribution in [2.75, 3.05) is 11.9 Å². The van der Waals surface area contributed by atoms with Crippen molar-refractivity contribution in [2.45, 2.75) is 13.3 Å². The summed E-state index contributed by atoms with van der Waals surface area (Å²) in [6.07, 6.45) is 0.629. The van der Waals surface area contributed by atoms with Gasteiger partial charge in [0.15, 0.2) is 0 Å². The summed E-state index contributed by atoms with van der Waals surface area (Å²) in [5.74, 6) is -2.81. The predicted molar refractivity (Wildman–Crippen MR) is 81.3 cm³/mol. The third-order valence-corrected chi connectivity index (χ3v) is 3.01. The van der Waals surface area contributed by atoms with Crippen molar-refractivity contribution in [2.24, 2.45) is 0 Å². The van der Waals surface area contributed by atoms with E-state index in [1.54, 1.807) is 0 Å². The number of anilines is 1. The summed E-state index contributed by atoms with van der Waals surface area (Å²) in [5, 5.41) is 2.35. The lowest BCUT2D eigenvalue weighted by atomic mass is 10.1. The number of carbonyl (C=O) groups excluding carboxylic acids is 2. The molecule has 0 heterocycles. The molecule has 6 heteroatoms. The molecule has 0 unspecified atom stereocenters. The highest BCUT2D eigenvalue weighted by Crippen LogP contribution is 2.20. The first-order valence-corrected chi connectivity index (χ1v) is 7.05. The Hall–Kier alpha value is -2.76. The number of hydrogen-bond donors (Lipinski definition) is 1. The first-order chi connectivity index (χ1) is 11.0. The second-order valence-electron chi connectivity index (χ2n) is 4.76. The summed E-state index contributed by atoms with van der Waals surface area (Å²) in [6, 6.07) is 8.66. The summed E-state index contributed by atoms with van der Waals surface area (Å²) in [6.45, 7) is 2.04. The van der Waals surface area contributed by atoms with Crippen molar-refractivity contribution >= 4 is 17.6 Å². The number of carbonyl (C=O) groups is 2. The van der Waals surface area contributed by atoms with Gasteiger partial charge in [-0.2, -0.15) is 0 Å². The zero-order valence-corrected chi connectivity index (χ0v) is 12.4. The van der Waals surface area contributed by atoms with Gasteiger partial charge in [-0.15, -0.1) is 0 Å². The summed E-state index contributed by atoms with van der Waals surface area (Å²) in [4.78, 5) is 24.1. The molecule has 2 aromatic carbocycles. The van der Waals surface area contributed by atoms with Gasteiger partial charge in [0.25, 0.3) is 5.91 Å². The fourth-order valence-electron chi connectivity index (χ4n) is 1.91. The molecule has 0 bridgehead atoms. The molecule has 2 aromatic rings. The number of rotatable bonds is 5. The maximum atomic E-state index is 13.6. The first-order valence-electron chi connectivity index (χ1n) is 7.05. The second-order valence-corrected chi connectivity index (χ2v) is 4.76. The number of nitrogens with one attached hydrogen (secondary N) is 1. The van der Waals surface area contributed by atoms with Gasteiger partial charge in [-0.25, -0.2) is 13.6 Å². The van der Waals surface area contributed by atoms with Crippen molar-refractivity contribution in [3.8, 4) is 0 Å². The molecule has 0 aliphatic rings. The molecule has 0 fully saturated rings. The molecule has 1 N–H and O–H groups in total. The Morgan fingerprint density at radius 3 is 2.52 bits per heavy atom. The van der Waals surface area contributed by atoms with Gasteiger partial charge in [0.2, 0.25) is 0 Å². The predicted octanol–water partition coefficient (Wildman–Crippen LogP) is 3.78. The largest absolute Gasteiger partial charge is 0.462 e. The monoisotopic (exact) mass is 319 g/mol. The molecule has 120 valence electrons. The van der Waals surface area contributed by atoms with Crippen LogP contribution in [0.4, 0.5) is 14.5 Å². The molecule has 0 spiro atoms. The Bertz CT molecular complexity index is 732. The Labute approximate surface area is 132 Å². The van der Waals surface area contributed by atoms with Gasteiger partial charge in [0.05, 0.1) is 23.4 Å². The lowest BCUT2D eigenvalue weighted by Gasteiger charge is -2.11. The summed E-state index contributed by atoms with van der Waals surface area (Å²) >= 11 is 0. The van der Waals surface area contributed by atoms with Crippen LogP contribution in [0.1, 0.15) is 34.1 Å². The van der Waals surface area contributed by atoms with Crippen LogP contribution in [0.3, 0.4) is 0 Å². The van der Waals surface area contributed by atoms with Gasteiger partial charge in [0, 0.05) is 0 Å². The maximum absolute atomic E-state index is 13.6. The highest BCUT2D eigenvalue weighted by Gasteiger charge is 2.18. The molecule has 0 aliphatic heterocycles. The fraction of sp³-hybridized carbons (Fsp3) is 0.176. The zero-order valence-electron chi connectivity index (χ0n) is 12.4. The number of hydrogen-bond acceptors (Lipinski definition) is 3. The van der Waals surface area contributed by atoms with Crippen LogP contribution >= 0.6 is 0 Å². The number of benzene rings is 2. The van der Waals surface area contributed by atoms with Gasteiger partial charge >= 0.3 is 5.97 Å². The number of esters is 1. The van der Waals surface area contributed by atoms with Crippen LogP contribution in [-0.4, -0.2) is 18.5 Å². The van der Waals surface area contributed by atoms with Gasteiger partial charge in [-0.3, -0.25) is 4.79 Å². The van der Waals surface area contributed by atoms with Crippen molar-refractivity contribution in [3.05, 3.63) is 65.2 Å². The Morgan fingerprint density at radius 2 is 1.83 bits per heavy atom. The van der Waals surface area contributed by atoms with Crippen molar-refractivity contribution in [1.29, 1.82) is 0 Å². The Kier molecular flexibility index (Phi) is 5.41. The van der Waals surface area contributed by atoms with E-state index in [9.17, 15) is 18.4 Å². The van der Waals surface area contributed by atoms with Crippen LogP contribution in [0, 0.1) is 11.6 Å². The molecular formula is C17H15F2NO3. The first kappa shape index (κ1) is 16.6. The Morgan fingerprint density at radius 1 is 1.09 bits per heavy atom. The third-order valence-electron chi connectivity index (χ3n) is 3.01. The normalized spacial score (nSPS) is 10.2. The summed E-state index contributed by atoms with van der Waals surface area (Å²) < 4.78 is 32.0. The minimum atomic E-state index is -0.779. The third kappa shape index (κ3) is 4.12. The van der Waals surface area contributed by atoms with Gasteiger partial charge in [0.1, 0.15) is 11.6 Å². The molecule has 0 atom stereocenters. The quantitative estimate of drug-likeness (QED) is 0.853. The smallest absolute Gasteiger partial charge is 0.340 e. The number of halogens is 2. The maximum Gasteiger partial charge on any atom is 0.340 e. The van der Waals surface area contributed by atoms with E-state index in [1.807, 2.05) is 6.92 Å². The van der Waals surface area contributed by atoms with E-state index >= 15 is 0 Å². The molecule has 1 amide bonds. The SMILES string of the molecule is CCCOC(=O)c1ccc(F)cc1NC(=O)c1ccccc1F. The van der Waals surface area contributed by atoms with Crippen molar-refractivity contribution in [3.63, 3.8) is 0 Å². The van der Waals surface area contributed by atoms with Gasteiger partial charge < -0.3 is 10.1 Å². The van der Waals surface area contributed by atoms with Crippen molar-refractivity contribution in [1.82, 2.24) is 0 Å². The molecule has 0 aromatic heterocycles. The van der Waals surface area contributed by atoms with Gasteiger partial charge in [-0.05, 0) is 36.8 Å². The molecular weight excluding hydrogens is 304 g/mol. The molecule has 0 radical (unpaired) electrons. The van der Waals surface area contributed by atoms with E-state index < -0.39 is 23.5 Å². The van der Waals surface area contributed by atoms with Crippen LogP contribution in [0.15, 0.2) is 42.5 Å². The van der Waals surface area contributed by atoms with E-state index in [2.05, 4.69) is 5.32 Å². The summed E-state index contributed by atoms with van der Waals surface area (Å²) in [7, 11) is 0. The summed E-state index contributed by atoms with van der Waals surface area (Å²) in [5.41, 5.74) is -0.270. The molecule has 2 rings (SSSR count). The molecule has 0 aliphatic carbocycles. The molecule has 0 saturated heterocycles. The highest BCUT2D eigenvalue weighted by atomic mass is 19.1. The Balaban J connectivity index is 2.28. The highest BCUT2D eigenvalue weighted by molar-refractivity contribution is 6.08. The van der Waals surface area contributed by atoms with E-state index in [0.29, 0.717) is 6.42 Å². The lowest BCUT2D eigenvalue weighted by Crippen LogP contribution is -2.17. The van der Waals surface area contributed by atoms with E-state index in [0.717, 1.165) is 18.2 Å². The fourth-order valence-corrected chi connectivity index (χ4v) is 1.91. The van der Waals surface area contributed by atoms with Crippen LogP contribution in [0.5, 0.6) is 0 Å². The number of ether oxygens (including phenoxy) is 1. The standard InChI is InChI=1S/C17H15F2NO3/c1-2-9-23-17(22)13-8-7-11(18)10-15(13)20-16(21)12-5-3-4-6-14(12)19/h3-8,10H,2,9H2,1H3,(H,20,21). The van der Waals surface area contributed by atoms with Crippen LogP contribution in [-0.2, 0) is 4.74 Å².